The minimum absolute atomic E-state index is 0.0607. The van der Waals surface area contributed by atoms with Gasteiger partial charge in [0.15, 0.2) is 0 Å². The van der Waals surface area contributed by atoms with E-state index in [-0.39, 0.29) is 24.0 Å². The molecule has 0 aromatic carbocycles. The monoisotopic (exact) mass is 225 g/mol. The molecule has 0 aliphatic rings. The van der Waals surface area contributed by atoms with Crippen LogP contribution in [0.1, 0.15) is 37.7 Å². The summed E-state index contributed by atoms with van der Waals surface area (Å²) >= 11 is 0. The molecule has 0 saturated carbocycles. The van der Waals surface area contributed by atoms with Crippen molar-refractivity contribution >= 4 is 5.91 Å². The Kier molecular flexibility index (Phi) is 4.06. The minimum atomic E-state index is -0.189. The summed E-state index contributed by atoms with van der Waals surface area (Å²) in [6, 6.07) is -0.0618. The number of rotatable bonds is 4. The fourth-order valence-electron chi connectivity index (χ4n) is 1.47. The fraction of sp³-hybridized carbons (Fsp3) is 0.636. The zero-order chi connectivity index (χ0) is 12.2. The zero-order valence-electron chi connectivity index (χ0n) is 9.95. The average molecular weight is 225 g/mol. The molecule has 16 heavy (non-hydrogen) atoms. The van der Waals surface area contributed by atoms with Crippen LogP contribution in [0.3, 0.4) is 0 Å². The Balaban J connectivity index is 2.66. The predicted octanol–water partition coefficient (Wildman–Crippen LogP) is 0.937. The Labute approximate surface area is 95.3 Å². The molecule has 0 spiro atoms. The van der Waals surface area contributed by atoms with Crippen LogP contribution in [0.5, 0.6) is 0 Å². The summed E-state index contributed by atoms with van der Waals surface area (Å²) in [4.78, 5) is 18.3. The lowest BCUT2D eigenvalue weighted by Gasteiger charge is -2.30. The number of nitrogens with zero attached hydrogens (tertiary/aromatic N) is 1. The van der Waals surface area contributed by atoms with E-state index in [2.05, 4.69) is 15.3 Å². The largest absolute Gasteiger partial charge is 0.396 e. The number of aromatic nitrogens is 2. The lowest BCUT2D eigenvalue weighted by atomic mass is 9.85. The maximum absolute atomic E-state index is 11.8. The minimum Gasteiger partial charge on any atom is -0.396 e. The summed E-state index contributed by atoms with van der Waals surface area (Å²) < 4.78 is 0. The van der Waals surface area contributed by atoms with Crippen molar-refractivity contribution in [3.05, 3.63) is 18.2 Å². The van der Waals surface area contributed by atoms with Crippen molar-refractivity contribution in [1.29, 1.82) is 0 Å². The van der Waals surface area contributed by atoms with Gasteiger partial charge in [-0.15, -0.1) is 0 Å². The van der Waals surface area contributed by atoms with Crippen LogP contribution in [-0.4, -0.2) is 33.6 Å². The molecule has 0 aliphatic heterocycles. The number of H-pyrrole nitrogens is 1. The first-order valence-electron chi connectivity index (χ1n) is 5.35. The standard InChI is InChI=1S/C11H19N3O2/c1-11(2,3)9(4-5-15)14-10(16)8-6-12-7-13-8/h6-7,9,15H,4-5H2,1-3H3,(H,12,13)(H,14,16). The third kappa shape index (κ3) is 3.34. The molecule has 1 amide bonds. The summed E-state index contributed by atoms with van der Waals surface area (Å²) in [5.41, 5.74) is 0.352. The second-order valence-corrected chi connectivity index (χ2v) is 4.87. The molecular weight excluding hydrogens is 206 g/mol. The maximum atomic E-state index is 11.8. The lowest BCUT2D eigenvalue weighted by Crippen LogP contribution is -2.44. The van der Waals surface area contributed by atoms with Crippen LogP contribution in [0.4, 0.5) is 0 Å². The second kappa shape index (κ2) is 5.12. The van der Waals surface area contributed by atoms with E-state index in [0.717, 1.165) is 0 Å². The Morgan fingerprint density at radius 3 is 2.75 bits per heavy atom. The predicted molar refractivity (Wildman–Crippen MR) is 61.0 cm³/mol. The summed E-state index contributed by atoms with van der Waals surface area (Å²) in [7, 11) is 0. The van der Waals surface area contributed by atoms with Gasteiger partial charge < -0.3 is 15.4 Å². The number of aromatic amines is 1. The van der Waals surface area contributed by atoms with Crippen LogP contribution < -0.4 is 5.32 Å². The van der Waals surface area contributed by atoms with Gasteiger partial charge in [0.2, 0.25) is 0 Å². The van der Waals surface area contributed by atoms with Gasteiger partial charge in [0.1, 0.15) is 5.69 Å². The summed E-state index contributed by atoms with van der Waals surface area (Å²) in [6.45, 7) is 6.15. The molecule has 0 fully saturated rings. The Morgan fingerprint density at radius 2 is 2.31 bits per heavy atom. The fourth-order valence-corrected chi connectivity index (χ4v) is 1.47. The third-order valence-corrected chi connectivity index (χ3v) is 2.51. The summed E-state index contributed by atoms with van der Waals surface area (Å²) in [6.07, 6.45) is 3.49. The molecule has 0 radical (unpaired) electrons. The van der Waals surface area contributed by atoms with Crippen LogP contribution in [-0.2, 0) is 0 Å². The summed E-state index contributed by atoms with van der Waals surface area (Å²) in [5, 5.41) is 11.9. The van der Waals surface area contributed by atoms with Crippen molar-refractivity contribution in [2.24, 2.45) is 5.41 Å². The van der Waals surface area contributed by atoms with Crippen LogP contribution in [0.25, 0.3) is 0 Å². The average Bonchev–Trinajstić information content (AvgIpc) is 2.68. The number of imidazole rings is 1. The van der Waals surface area contributed by atoms with Crippen LogP contribution in [0.15, 0.2) is 12.5 Å². The number of carbonyl (C=O) groups is 1. The quantitative estimate of drug-likeness (QED) is 0.713. The molecule has 0 bridgehead atoms. The van der Waals surface area contributed by atoms with E-state index in [0.29, 0.717) is 12.1 Å². The first-order chi connectivity index (χ1) is 7.45. The molecule has 1 aromatic rings. The van der Waals surface area contributed by atoms with E-state index < -0.39 is 0 Å². The first-order valence-corrected chi connectivity index (χ1v) is 5.35. The number of aliphatic hydroxyl groups is 1. The molecule has 5 nitrogen and oxygen atoms in total. The van der Waals surface area contributed by atoms with Gasteiger partial charge in [-0.2, -0.15) is 0 Å². The third-order valence-electron chi connectivity index (χ3n) is 2.51. The maximum Gasteiger partial charge on any atom is 0.269 e. The molecule has 0 saturated heterocycles. The molecule has 1 aromatic heterocycles. The first kappa shape index (κ1) is 12.7. The number of amides is 1. The summed E-state index contributed by atoms with van der Waals surface area (Å²) in [5.74, 6) is -0.189. The van der Waals surface area contributed by atoms with Crippen molar-refractivity contribution in [3.8, 4) is 0 Å². The Bertz CT molecular complexity index is 327. The number of aliphatic hydroxyl groups excluding tert-OH is 1. The smallest absolute Gasteiger partial charge is 0.269 e. The van der Waals surface area contributed by atoms with Gasteiger partial charge in [0.25, 0.3) is 5.91 Å². The van der Waals surface area contributed by atoms with Crippen molar-refractivity contribution in [2.45, 2.75) is 33.2 Å². The van der Waals surface area contributed by atoms with Crippen molar-refractivity contribution < 1.29 is 9.90 Å². The molecule has 1 rings (SSSR count). The van der Waals surface area contributed by atoms with Crippen LogP contribution in [0, 0.1) is 5.41 Å². The van der Waals surface area contributed by atoms with Gasteiger partial charge in [-0.1, -0.05) is 20.8 Å². The topological polar surface area (TPSA) is 78.0 Å². The van der Waals surface area contributed by atoms with Crippen molar-refractivity contribution in [2.75, 3.05) is 6.61 Å². The Hall–Kier alpha value is -1.36. The van der Waals surface area contributed by atoms with E-state index in [4.69, 9.17) is 5.11 Å². The SMILES string of the molecule is CC(C)(C)C(CCO)NC(=O)c1cnc[nH]1. The number of hydrogen-bond acceptors (Lipinski definition) is 3. The van der Waals surface area contributed by atoms with E-state index in [9.17, 15) is 4.79 Å². The van der Waals surface area contributed by atoms with Gasteiger partial charge in [-0.3, -0.25) is 4.79 Å². The molecule has 0 aliphatic carbocycles. The van der Waals surface area contributed by atoms with Gasteiger partial charge in [0.05, 0.1) is 12.5 Å². The molecule has 1 atom stereocenters. The van der Waals surface area contributed by atoms with Gasteiger partial charge in [0, 0.05) is 12.6 Å². The molecule has 3 N–H and O–H groups in total. The van der Waals surface area contributed by atoms with Crippen molar-refractivity contribution in [3.63, 3.8) is 0 Å². The highest BCUT2D eigenvalue weighted by Gasteiger charge is 2.26. The number of carbonyl (C=O) groups excluding carboxylic acids is 1. The van der Waals surface area contributed by atoms with Gasteiger partial charge >= 0.3 is 0 Å². The van der Waals surface area contributed by atoms with E-state index in [1.54, 1.807) is 0 Å². The highest BCUT2D eigenvalue weighted by molar-refractivity contribution is 5.92. The van der Waals surface area contributed by atoms with Gasteiger partial charge in [-0.25, -0.2) is 4.98 Å². The highest BCUT2D eigenvalue weighted by atomic mass is 16.3. The normalized spacial score (nSPS) is 13.5. The molecular formula is C11H19N3O2. The van der Waals surface area contributed by atoms with Gasteiger partial charge in [-0.05, 0) is 11.8 Å². The number of hydrogen-bond donors (Lipinski definition) is 3. The van der Waals surface area contributed by atoms with E-state index in [1.165, 1.54) is 12.5 Å². The van der Waals surface area contributed by atoms with Crippen LogP contribution >= 0.6 is 0 Å². The molecule has 1 heterocycles. The molecule has 5 heteroatoms. The second-order valence-electron chi connectivity index (χ2n) is 4.87. The molecule has 1 unspecified atom stereocenters. The van der Waals surface area contributed by atoms with Crippen molar-refractivity contribution in [1.82, 2.24) is 15.3 Å². The Morgan fingerprint density at radius 1 is 1.62 bits per heavy atom. The highest BCUT2D eigenvalue weighted by Crippen LogP contribution is 2.21. The van der Waals surface area contributed by atoms with E-state index >= 15 is 0 Å². The molecule has 90 valence electrons. The van der Waals surface area contributed by atoms with Crippen LogP contribution in [0.2, 0.25) is 0 Å². The zero-order valence-corrected chi connectivity index (χ0v) is 9.95. The van der Waals surface area contributed by atoms with E-state index in [1.807, 2.05) is 20.8 Å². The lowest BCUT2D eigenvalue weighted by molar-refractivity contribution is 0.0880. The number of nitrogens with one attached hydrogen (secondary N) is 2.